The van der Waals surface area contributed by atoms with Gasteiger partial charge in [-0.25, -0.2) is 0 Å². The summed E-state index contributed by atoms with van der Waals surface area (Å²) in [6.45, 7) is 0.403. The van der Waals surface area contributed by atoms with E-state index >= 15 is 0 Å². The number of ether oxygens (including phenoxy) is 4. The first-order chi connectivity index (χ1) is 16.4. The lowest BCUT2D eigenvalue weighted by Crippen LogP contribution is -2.52. The number of nitro benzene ring substituents is 2. The van der Waals surface area contributed by atoms with Crippen molar-refractivity contribution >= 4 is 23.1 Å². The standard InChI is InChI=1S/C20H19N5O8S/c1-30-13-5-2-11(3-6-13)9-31-18-15-10-32-20(33-15)19(17(18)22-23-21)34-16-7-4-12(24(26)27)8-14(16)25(28)29/h2-8,15,17-20H,9-10H2,1H3/t15-,17-,18+,19+,20-/m1/s1. The number of methoxy groups -OCH3 is 1. The quantitative estimate of drug-likeness (QED) is 0.166. The predicted octanol–water partition coefficient (Wildman–Crippen LogP) is 3.99. The number of thioether (sulfide) groups is 1. The molecule has 0 unspecified atom stereocenters. The lowest BCUT2D eigenvalue weighted by Gasteiger charge is -2.38. The maximum Gasteiger partial charge on any atom is 0.289 e. The second kappa shape index (κ2) is 10.2. The summed E-state index contributed by atoms with van der Waals surface area (Å²) in [4.78, 5) is 24.3. The average Bonchev–Trinajstić information content (AvgIpc) is 3.27. The summed E-state index contributed by atoms with van der Waals surface area (Å²) in [5.41, 5.74) is 9.23. The summed E-state index contributed by atoms with van der Waals surface area (Å²) >= 11 is 1.00. The van der Waals surface area contributed by atoms with Crippen LogP contribution in [-0.2, 0) is 20.8 Å². The third-order valence-electron chi connectivity index (χ3n) is 5.44. The molecule has 13 nitrogen and oxygen atoms in total. The van der Waals surface area contributed by atoms with Gasteiger partial charge in [0.15, 0.2) is 6.29 Å². The summed E-state index contributed by atoms with van der Waals surface area (Å²) in [6.07, 6.45) is -1.95. The monoisotopic (exact) mass is 489 g/mol. The van der Waals surface area contributed by atoms with Crippen LogP contribution in [0.15, 0.2) is 52.5 Å². The fraction of sp³-hybridized carbons (Fsp3) is 0.400. The zero-order chi connectivity index (χ0) is 24.2. The molecule has 2 aromatic carbocycles. The highest BCUT2D eigenvalue weighted by molar-refractivity contribution is 8.00. The first-order valence-corrected chi connectivity index (χ1v) is 10.9. The van der Waals surface area contributed by atoms with E-state index in [9.17, 15) is 25.8 Å². The molecular formula is C20H19N5O8S. The molecule has 0 aromatic heterocycles. The fourth-order valence-electron chi connectivity index (χ4n) is 3.80. The largest absolute Gasteiger partial charge is 0.497 e. The molecular weight excluding hydrogens is 470 g/mol. The van der Waals surface area contributed by atoms with Crippen molar-refractivity contribution in [3.63, 3.8) is 0 Å². The van der Waals surface area contributed by atoms with Gasteiger partial charge in [-0.2, -0.15) is 0 Å². The maximum atomic E-state index is 11.6. The Balaban J connectivity index is 1.59. The van der Waals surface area contributed by atoms with E-state index < -0.39 is 51.0 Å². The maximum absolute atomic E-state index is 11.6. The van der Waals surface area contributed by atoms with E-state index in [-0.39, 0.29) is 18.1 Å². The van der Waals surface area contributed by atoms with E-state index in [1.54, 1.807) is 19.2 Å². The van der Waals surface area contributed by atoms with Crippen LogP contribution in [0.4, 0.5) is 11.4 Å². The van der Waals surface area contributed by atoms with Gasteiger partial charge in [0.05, 0.1) is 58.5 Å². The van der Waals surface area contributed by atoms with Crippen molar-refractivity contribution in [1.29, 1.82) is 0 Å². The molecule has 14 heteroatoms. The van der Waals surface area contributed by atoms with Gasteiger partial charge in [0.25, 0.3) is 11.4 Å². The van der Waals surface area contributed by atoms with Crippen LogP contribution in [0.3, 0.4) is 0 Å². The number of hydrogen-bond acceptors (Lipinski definition) is 10. The molecule has 0 saturated carbocycles. The molecule has 5 atom stereocenters. The second-order valence-corrected chi connectivity index (χ2v) is 8.66. The molecule has 2 bridgehead atoms. The summed E-state index contributed by atoms with van der Waals surface area (Å²) in [5, 5.41) is 25.8. The molecule has 2 aliphatic rings. The molecule has 4 rings (SSSR count). The number of non-ortho nitro benzene ring substituents is 1. The van der Waals surface area contributed by atoms with Gasteiger partial charge in [0, 0.05) is 11.0 Å². The highest BCUT2D eigenvalue weighted by Gasteiger charge is 2.52. The Kier molecular flexibility index (Phi) is 7.14. The molecule has 0 amide bonds. The van der Waals surface area contributed by atoms with E-state index in [4.69, 9.17) is 18.9 Å². The molecule has 2 aromatic rings. The van der Waals surface area contributed by atoms with Crippen molar-refractivity contribution in [2.45, 2.75) is 41.3 Å². The minimum Gasteiger partial charge on any atom is -0.497 e. The number of benzene rings is 2. The van der Waals surface area contributed by atoms with Gasteiger partial charge in [0.1, 0.15) is 11.9 Å². The molecule has 2 heterocycles. The molecule has 0 N–H and O–H groups in total. The van der Waals surface area contributed by atoms with Gasteiger partial charge < -0.3 is 18.9 Å². The Morgan fingerprint density at radius 2 is 1.97 bits per heavy atom. The topological polar surface area (TPSA) is 172 Å². The van der Waals surface area contributed by atoms with Gasteiger partial charge in [-0.05, 0) is 29.3 Å². The Morgan fingerprint density at radius 1 is 1.21 bits per heavy atom. The van der Waals surface area contributed by atoms with Gasteiger partial charge in [-0.3, -0.25) is 20.2 Å². The molecule has 178 valence electrons. The third-order valence-corrected chi connectivity index (χ3v) is 6.81. The predicted molar refractivity (Wildman–Crippen MR) is 119 cm³/mol. The van der Waals surface area contributed by atoms with Gasteiger partial charge in [0.2, 0.25) is 0 Å². The zero-order valence-electron chi connectivity index (χ0n) is 17.8. The van der Waals surface area contributed by atoms with Crippen LogP contribution in [0.1, 0.15) is 5.56 Å². The average molecular weight is 489 g/mol. The molecule has 2 saturated heterocycles. The molecule has 34 heavy (non-hydrogen) atoms. The van der Waals surface area contributed by atoms with Crippen LogP contribution in [0.5, 0.6) is 5.75 Å². The number of rotatable bonds is 9. The van der Waals surface area contributed by atoms with Crippen LogP contribution in [0.2, 0.25) is 0 Å². The highest BCUT2D eigenvalue weighted by Crippen LogP contribution is 2.44. The number of fused-ring (bicyclic) bond motifs is 2. The van der Waals surface area contributed by atoms with Crippen molar-refractivity contribution in [1.82, 2.24) is 0 Å². The summed E-state index contributed by atoms with van der Waals surface area (Å²) in [7, 11) is 1.57. The number of nitro groups is 2. The first kappa shape index (κ1) is 23.7. The second-order valence-electron chi connectivity index (χ2n) is 7.44. The van der Waals surface area contributed by atoms with Crippen LogP contribution in [0, 0.1) is 20.2 Å². The molecule has 2 aliphatic heterocycles. The lowest BCUT2D eigenvalue weighted by molar-refractivity contribution is -0.396. The smallest absolute Gasteiger partial charge is 0.289 e. The Bertz CT molecular complexity index is 1130. The van der Waals surface area contributed by atoms with Crippen molar-refractivity contribution < 1.29 is 28.8 Å². The summed E-state index contributed by atoms with van der Waals surface area (Å²) in [5.74, 6) is 0.699. The zero-order valence-corrected chi connectivity index (χ0v) is 18.6. The van der Waals surface area contributed by atoms with Crippen molar-refractivity contribution in [3.05, 3.63) is 78.7 Å². The van der Waals surface area contributed by atoms with Crippen LogP contribution in [0.25, 0.3) is 10.4 Å². The number of azide groups is 1. The Morgan fingerprint density at radius 3 is 2.62 bits per heavy atom. The summed E-state index contributed by atoms with van der Waals surface area (Å²) < 4.78 is 22.9. The van der Waals surface area contributed by atoms with E-state index in [2.05, 4.69) is 10.0 Å². The normalized spacial score (nSPS) is 25.4. The fourth-order valence-corrected chi connectivity index (χ4v) is 5.09. The van der Waals surface area contributed by atoms with E-state index in [0.29, 0.717) is 5.75 Å². The molecule has 0 radical (unpaired) electrons. The summed E-state index contributed by atoms with van der Waals surface area (Å²) in [6, 6.07) is 9.86. The van der Waals surface area contributed by atoms with E-state index in [0.717, 1.165) is 23.4 Å². The van der Waals surface area contributed by atoms with Crippen molar-refractivity contribution in [2.75, 3.05) is 13.7 Å². The van der Waals surface area contributed by atoms with Gasteiger partial charge in [-0.15, -0.1) is 11.8 Å². The first-order valence-electron chi connectivity index (χ1n) is 10.1. The Hall–Kier alpha value is -3.42. The number of hydrogen-bond donors (Lipinski definition) is 0. The van der Waals surface area contributed by atoms with Crippen LogP contribution >= 0.6 is 11.8 Å². The minimum atomic E-state index is -0.791. The van der Waals surface area contributed by atoms with Gasteiger partial charge >= 0.3 is 0 Å². The number of nitrogens with zero attached hydrogens (tertiary/aromatic N) is 5. The molecule has 0 spiro atoms. The SMILES string of the molecule is COc1ccc(CO[C@@H]2[C@@H](N=[N+]=[N-])[C@H](Sc3ccc([N+](=O)[O-])cc3[N+](=O)[O-])[C@@H]3OC[C@H]2O3)cc1. The van der Waals surface area contributed by atoms with Crippen LogP contribution < -0.4 is 4.74 Å². The van der Waals surface area contributed by atoms with Gasteiger partial charge in [-0.1, -0.05) is 17.2 Å². The third kappa shape index (κ3) is 4.90. The lowest BCUT2D eigenvalue weighted by atomic mass is 10.0. The molecule has 0 aliphatic carbocycles. The van der Waals surface area contributed by atoms with Crippen molar-refractivity contribution in [2.24, 2.45) is 5.11 Å². The Labute approximate surface area is 196 Å². The van der Waals surface area contributed by atoms with E-state index in [1.807, 2.05) is 12.1 Å². The molecule has 2 fully saturated rings. The van der Waals surface area contributed by atoms with Crippen LogP contribution in [-0.4, -0.2) is 53.4 Å². The highest BCUT2D eigenvalue weighted by atomic mass is 32.2. The van der Waals surface area contributed by atoms with Crippen molar-refractivity contribution in [3.8, 4) is 5.75 Å². The minimum absolute atomic E-state index is 0.158. The van der Waals surface area contributed by atoms with E-state index in [1.165, 1.54) is 12.1 Å².